The second-order valence-corrected chi connectivity index (χ2v) is 4.01. The van der Waals surface area contributed by atoms with Crippen LogP contribution in [0, 0.1) is 0 Å². The summed E-state index contributed by atoms with van der Waals surface area (Å²) < 4.78 is 5.26. The van der Waals surface area contributed by atoms with Gasteiger partial charge in [-0.3, -0.25) is 0 Å². The van der Waals surface area contributed by atoms with Crippen molar-refractivity contribution in [3.05, 3.63) is 0 Å². The van der Waals surface area contributed by atoms with Gasteiger partial charge >= 0.3 is 0 Å². The van der Waals surface area contributed by atoms with Crippen LogP contribution >= 0.6 is 0 Å². The van der Waals surface area contributed by atoms with E-state index < -0.39 is 0 Å². The first-order valence-corrected chi connectivity index (χ1v) is 5.62. The fourth-order valence-corrected chi connectivity index (χ4v) is 1.56. The molecule has 3 nitrogen and oxygen atoms in total. The molecule has 2 N–H and O–H groups in total. The van der Waals surface area contributed by atoms with E-state index >= 15 is 0 Å². The maximum absolute atomic E-state index is 5.58. The third-order valence-corrected chi connectivity index (χ3v) is 2.58. The summed E-state index contributed by atoms with van der Waals surface area (Å²) in [7, 11) is 1.73. The third-order valence-electron chi connectivity index (χ3n) is 2.58. The topological polar surface area (TPSA) is 38.5 Å². The minimum atomic E-state index is 0.216. The fraction of sp³-hybridized carbons (Fsp3) is 1.00. The van der Waals surface area contributed by atoms with Crippen LogP contribution in [0.15, 0.2) is 0 Å². The summed E-state index contributed by atoms with van der Waals surface area (Å²) in [5, 5.41) is 0. The van der Waals surface area contributed by atoms with Crippen LogP contribution in [0.25, 0.3) is 0 Å². The van der Waals surface area contributed by atoms with E-state index in [1.54, 1.807) is 7.11 Å². The first-order chi connectivity index (χ1) is 6.65. The van der Waals surface area contributed by atoms with Crippen molar-refractivity contribution >= 4 is 0 Å². The van der Waals surface area contributed by atoms with Gasteiger partial charge in [0.2, 0.25) is 0 Å². The SMILES string of the molecule is CCCN(CCC(CN)OC)C(C)C. The molecule has 0 saturated carbocycles. The van der Waals surface area contributed by atoms with Gasteiger partial charge in [-0.25, -0.2) is 0 Å². The van der Waals surface area contributed by atoms with Gasteiger partial charge in [-0.15, -0.1) is 0 Å². The van der Waals surface area contributed by atoms with Crippen LogP contribution in [0.1, 0.15) is 33.6 Å². The molecule has 0 aliphatic heterocycles. The van der Waals surface area contributed by atoms with Crippen molar-refractivity contribution < 1.29 is 4.74 Å². The Bertz CT molecular complexity index is 124. The lowest BCUT2D eigenvalue weighted by atomic mass is 10.2. The molecular weight excluding hydrogens is 176 g/mol. The second-order valence-electron chi connectivity index (χ2n) is 4.01. The van der Waals surface area contributed by atoms with Gasteiger partial charge in [-0.1, -0.05) is 6.92 Å². The summed E-state index contributed by atoms with van der Waals surface area (Å²) in [6.45, 7) is 9.56. The average Bonchev–Trinajstić information content (AvgIpc) is 2.17. The molecule has 0 amide bonds. The van der Waals surface area contributed by atoms with Crippen LogP contribution in [-0.2, 0) is 4.74 Å². The lowest BCUT2D eigenvalue weighted by Crippen LogP contribution is -2.36. The molecule has 14 heavy (non-hydrogen) atoms. The highest BCUT2D eigenvalue weighted by molar-refractivity contribution is 4.66. The van der Waals surface area contributed by atoms with Crippen molar-refractivity contribution in [1.29, 1.82) is 0 Å². The lowest BCUT2D eigenvalue weighted by Gasteiger charge is -2.27. The molecule has 0 fully saturated rings. The molecule has 0 aromatic heterocycles. The van der Waals surface area contributed by atoms with E-state index in [1.165, 1.54) is 13.0 Å². The van der Waals surface area contributed by atoms with Gasteiger partial charge in [-0.05, 0) is 33.2 Å². The van der Waals surface area contributed by atoms with Crippen LogP contribution in [0.2, 0.25) is 0 Å². The molecule has 1 atom stereocenters. The zero-order chi connectivity index (χ0) is 11.0. The molecular formula is C11H26N2O. The largest absolute Gasteiger partial charge is 0.380 e. The van der Waals surface area contributed by atoms with Crippen LogP contribution in [0.4, 0.5) is 0 Å². The molecule has 0 aliphatic rings. The van der Waals surface area contributed by atoms with Gasteiger partial charge in [0.05, 0.1) is 6.10 Å². The number of hydrogen-bond donors (Lipinski definition) is 1. The smallest absolute Gasteiger partial charge is 0.0705 e. The molecule has 0 heterocycles. The van der Waals surface area contributed by atoms with E-state index in [0.717, 1.165) is 13.0 Å². The van der Waals surface area contributed by atoms with Gasteiger partial charge in [0.1, 0.15) is 0 Å². The van der Waals surface area contributed by atoms with Crippen LogP contribution < -0.4 is 5.73 Å². The van der Waals surface area contributed by atoms with Crippen molar-refractivity contribution in [3.8, 4) is 0 Å². The lowest BCUT2D eigenvalue weighted by molar-refractivity contribution is 0.0844. The molecule has 0 radical (unpaired) electrons. The molecule has 0 aromatic carbocycles. The fourth-order valence-electron chi connectivity index (χ4n) is 1.56. The normalized spacial score (nSPS) is 13.9. The Hall–Kier alpha value is -0.120. The first-order valence-electron chi connectivity index (χ1n) is 5.62. The van der Waals surface area contributed by atoms with E-state index in [0.29, 0.717) is 12.6 Å². The first kappa shape index (κ1) is 13.9. The molecule has 0 saturated heterocycles. The molecule has 86 valence electrons. The molecule has 0 aromatic rings. The van der Waals surface area contributed by atoms with E-state index in [2.05, 4.69) is 25.7 Å². The van der Waals surface area contributed by atoms with Crippen molar-refractivity contribution in [2.75, 3.05) is 26.7 Å². The zero-order valence-electron chi connectivity index (χ0n) is 10.1. The number of ether oxygens (including phenoxy) is 1. The van der Waals surface area contributed by atoms with Gasteiger partial charge in [0.15, 0.2) is 0 Å². The summed E-state index contributed by atoms with van der Waals surface area (Å²) in [5.74, 6) is 0. The van der Waals surface area contributed by atoms with Crippen LogP contribution in [0.5, 0.6) is 0 Å². The molecule has 3 heteroatoms. The summed E-state index contributed by atoms with van der Waals surface area (Å²) in [6.07, 6.45) is 2.46. The van der Waals surface area contributed by atoms with Gasteiger partial charge < -0.3 is 15.4 Å². The van der Waals surface area contributed by atoms with Crippen LogP contribution in [-0.4, -0.2) is 43.8 Å². The summed E-state index contributed by atoms with van der Waals surface area (Å²) in [5.41, 5.74) is 5.58. The molecule has 0 bridgehead atoms. The maximum Gasteiger partial charge on any atom is 0.0705 e. The number of rotatable bonds is 8. The van der Waals surface area contributed by atoms with Crippen molar-refractivity contribution in [1.82, 2.24) is 4.90 Å². The predicted octanol–water partition coefficient (Wildman–Crippen LogP) is 1.47. The second kappa shape index (κ2) is 8.21. The highest BCUT2D eigenvalue weighted by atomic mass is 16.5. The Kier molecular flexibility index (Phi) is 8.14. The number of hydrogen-bond acceptors (Lipinski definition) is 3. The number of nitrogens with zero attached hydrogens (tertiary/aromatic N) is 1. The van der Waals surface area contributed by atoms with Gasteiger partial charge in [0, 0.05) is 26.2 Å². The quantitative estimate of drug-likeness (QED) is 0.648. The minimum Gasteiger partial charge on any atom is -0.380 e. The summed E-state index contributed by atoms with van der Waals surface area (Å²) in [6, 6.07) is 0.616. The van der Waals surface area contributed by atoms with Gasteiger partial charge in [0.25, 0.3) is 0 Å². The van der Waals surface area contributed by atoms with Crippen molar-refractivity contribution in [3.63, 3.8) is 0 Å². The predicted molar refractivity (Wildman–Crippen MR) is 61.5 cm³/mol. The monoisotopic (exact) mass is 202 g/mol. The van der Waals surface area contributed by atoms with Crippen molar-refractivity contribution in [2.24, 2.45) is 5.73 Å². The Morgan fingerprint density at radius 3 is 2.29 bits per heavy atom. The Morgan fingerprint density at radius 2 is 1.93 bits per heavy atom. The minimum absolute atomic E-state index is 0.216. The van der Waals surface area contributed by atoms with E-state index in [9.17, 15) is 0 Å². The Morgan fingerprint density at radius 1 is 1.29 bits per heavy atom. The summed E-state index contributed by atoms with van der Waals surface area (Å²) in [4.78, 5) is 2.47. The zero-order valence-corrected chi connectivity index (χ0v) is 10.1. The molecule has 0 spiro atoms. The highest BCUT2D eigenvalue weighted by Crippen LogP contribution is 2.04. The van der Waals surface area contributed by atoms with E-state index in [4.69, 9.17) is 10.5 Å². The Labute approximate surface area is 88.6 Å². The molecule has 1 unspecified atom stereocenters. The van der Waals surface area contributed by atoms with E-state index in [-0.39, 0.29) is 6.10 Å². The Balaban J connectivity index is 3.79. The van der Waals surface area contributed by atoms with E-state index in [1.807, 2.05) is 0 Å². The van der Waals surface area contributed by atoms with Gasteiger partial charge in [-0.2, -0.15) is 0 Å². The number of nitrogens with two attached hydrogens (primary N) is 1. The molecule has 0 aliphatic carbocycles. The standard InChI is InChI=1S/C11H26N2O/c1-5-7-13(10(2)3)8-6-11(9-12)14-4/h10-11H,5-9,12H2,1-4H3. The number of methoxy groups -OCH3 is 1. The average molecular weight is 202 g/mol. The highest BCUT2D eigenvalue weighted by Gasteiger charge is 2.11. The maximum atomic E-state index is 5.58. The summed E-state index contributed by atoms with van der Waals surface area (Å²) >= 11 is 0. The molecule has 0 rings (SSSR count). The van der Waals surface area contributed by atoms with Crippen LogP contribution in [0.3, 0.4) is 0 Å². The van der Waals surface area contributed by atoms with Crippen molar-refractivity contribution in [2.45, 2.75) is 45.8 Å². The third kappa shape index (κ3) is 5.58.